The summed E-state index contributed by atoms with van der Waals surface area (Å²) in [5.41, 5.74) is -0.698. The number of hydrogen-bond acceptors (Lipinski definition) is 6. The number of imide groups is 1. The highest BCUT2D eigenvalue weighted by Gasteiger charge is 2.55. The molecule has 3 saturated heterocycles. The number of urea groups is 1. The Labute approximate surface area is 130 Å². The van der Waals surface area contributed by atoms with Crippen molar-refractivity contribution >= 4 is 37.0 Å². The van der Waals surface area contributed by atoms with E-state index < -0.39 is 25.2 Å². The van der Waals surface area contributed by atoms with E-state index in [-0.39, 0.29) is 19.8 Å². The van der Waals surface area contributed by atoms with Gasteiger partial charge in [-0.15, -0.1) is 0 Å². The van der Waals surface area contributed by atoms with E-state index in [1.165, 1.54) is 0 Å². The zero-order chi connectivity index (χ0) is 15.8. The van der Waals surface area contributed by atoms with Gasteiger partial charge in [0.25, 0.3) is 0 Å². The zero-order valence-electron chi connectivity index (χ0n) is 11.2. The van der Waals surface area contributed by atoms with Crippen LogP contribution in [0.1, 0.15) is 0 Å². The van der Waals surface area contributed by atoms with Gasteiger partial charge in [-0.2, -0.15) is 0 Å². The summed E-state index contributed by atoms with van der Waals surface area (Å²) in [4.78, 5) is 24.0. The van der Waals surface area contributed by atoms with Crippen LogP contribution in [0.15, 0.2) is 24.3 Å². The van der Waals surface area contributed by atoms with Crippen molar-refractivity contribution in [1.29, 1.82) is 0 Å². The third-order valence-electron chi connectivity index (χ3n) is 3.31. The molecule has 10 heteroatoms. The first-order chi connectivity index (χ1) is 10.4. The second kappa shape index (κ2) is 5.64. The van der Waals surface area contributed by atoms with Gasteiger partial charge in [0, 0.05) is 10.7 Å². The molecule has 22 heavy (non-hydrogen) atoms. The molecule has 3 aliphatic rings. The molecule has 0 unspecified atom stereocenters. The molecule has 0 aromatic heterocycles. The molecular weight excluding hydrogens is 335 g/mol. The maximum atomic E-state index is 12.2. The van der Waals surface area contributed by atoms with E-state index in [1.807, 2.05) is 0 Å². The summed E-state index contributed by atoms with van der Waals surface area (Å²) in [5, 5.41) is 5.21. The average molecular weight is 347 g/mol. The second-order valence-corrected chi connectivity index (χ2v) is 7.07. The molecule has 3 aliphatic heterocycles. The first-order valence-electron chi connectivity index (χ1n) is 6.33. The van der Waals surface area contributed by atoms with E-state index in [1.54, 1.807) is 24.3 Å². The molecule has 3 heterocycles. The van der Waals surface area contributed by atoms with Crippen LogP contribution in [0.3, 0.4) is 0 Å². The van der Waals surface area contributed by atoms with Gasteiger partial charge in [-0.3, -0.25) is 23.7 Å². The van der Waals surface area contributed by atoms with Crippen molar-refractivity contribution in [3.8, 4) is 0 Å². The van der Waals surface area contributed by atoms with Crippen LogP contribution in [0.5, 0.6) is 0 Å². The molecule has 1 aromatic carbocycles. The molecule has 0 radical (unpaired) electrons. The highest BCUT2D eigenvalue weighted by Crippen LogP contribution is 2.59. The fourth-order valence-electron chi connectivity index (χ4n) is 1.97. The number of carbonyl (C=O) groups excluding carboxylic acids is 2. The van der Waals surface area contributed by atoms with Crippen LogP contribution in [0, 0.1) is 5.41 Å². The fraction of sp³-hybridized carbons (Fsp3) is 0.333. The van der Waals surface area contributed by atoms with Crippen molar-refractivity contribution < 1.29 is 27.7 Å². The van der Waals surface area contributed by atoms with Crippen LogP contribution < -0.4 is 10.6 Å². The number of fused-ring (bicyclic) bond motifs is 3. The Hall–Kier alpha value is -1.44. The Bertz CT molecular complexity index is 633. The molecule has 0 aliphatic carbocycles. The predicted octanol–water partition coefficient (Wildman–Crippen LogP) is 2.16. The largest absolute Gasteiger partial charge is 0.474 e. The Morgan fingerprint density at radius 1 is 1.09 bits per heavy atom. The van der Waals surface area contributed by atoms with Crippen LogP contribution in [-0.2, 0) is 22.9 Å². The summed E-state index contributed by atoms with van der Waals surface area (Å²) in [6, 6.07) is 5.69. The van der Waals surface area contributed by atoms with Gasteiger partial charge < -0.3 is 5.32 Å². The minimum absolute atomic E-state index is 0.121. The summed E-state index contributed by atoms with van der Waals surface area (Å²) >= 11 is 5.74. The summed E-state index contributed by atoms with van der Waals surface area (Å²) < 4.78 is 26.3. The number of benzene rings is 1. The van der Waals surface area contributed by atoms with Gasteiger partial charge in [0.05, 0.1) is 19.8 Å². The lowest BCUT2D eigenvalue weighted by Gasteiger charge is -2.42. The maximum absolute atomic E-state index is 12.2. The number of hydrogen-bond donors (Lipinski definition) is 2. The van der Waals surface area contributed by atoms with Crippen LogP contribution in [-0.4, -0.2) is 31.8 Å². The zero-order valence-corrected chi connectivity index (χ0v) is 12.9. The highest BCUT2D eigenvalue weighted by atomic mass is 35.5. The molecule has 4 rings (SSSR count). The van der Waals surface area contributed by atoms with Crippen LogP contribution in [0.4, 0.5) is 10.5 Å². The van der Waals surface area contributed by atoms with Crippen molar-refractivity contribution in [1.82, 2.24) is 5.32 Å². The lowest BCUT2D eigenvalue weighted by atomic mass is 9.90. The third-order valence-corrected chi connectivity index (χ3v) is 4.90. The summed E-state index contributed by atoms with van der Waals surface area (Å²) in [7, 11) is -3.50. The summed E-state index contributed by atoms with van der Waals surface area (Å²) in [5.74, 6) is -0.620. The van der Waals surface area contributed by atoms with Gasteiger partial charge in [0.15, 0.2) is 0 Å². The molecule has 2 bridgehead atoms. The molecule has 2 N–H and O–H groups in total. The van der Waals surface area contributed by atoms with Gasteiger partial charge in [0.1, 0.15) is 5.41 Å². The Kier molecular flexibility index (Phi) is 3.96. The number of amides is 3. The minimum Gasteiger partial charge on any atom is -0.308 e. The van der Waals surface area contributed by atoms with E-state index >= 15 is 0 Å². The molecule has 1 aromatic rings. The molecule has 0 atom stereocenters. The van der Waals surface area contributed by atoms with Crippen molar-refractivity contribution in [2.45, 2.75) is 0 Å². The number of anilines is 1. The van der Waals surface area contributed by atoms with E-state index in [9.17, 15) is 14.2 Å². The maximum Gasteiger partial charge on any atom is 0.474 e. The van der Waals surface area contributed by atoms with E-state index in [0.29, 0.717) is 10.7 Å². The van der Waals surface area contributed by atoms with Crippen molar-refractivity contribution in [2.24, 2.45) is 5.41 Å². The number of phosphoric ester groups is 1. The summed E-state index contributed by atoms with van der Waals surface area (Å²) in [6.07, 6.45) is 0. The summed E-state index contributed by atoms with van der Waals surface area (Å²) in [6.45, 7) is -0.362. The number of phosphoric acid groups is 1. The lowest BCUT2D eigenvalue weighted by molar-refractivity contribution is -0.151. The number of nitrogens with one attached hydrogen (secondary N) is 2. The second-order valence-electron chi connectivity index (χ2n) is 4.96. The Morgan fingerprint density at radius 2 is 1.64 bits per heavy atom. The molecule has 3 amide bonds. The Morgan fingerprint density at radius 3 is 2.18 bits per heavy atom. The molecule has 0 saturated carbocycles. The number of halogens is 1. The van der Waals surface area contributed by atoms with E-state index in [0.717, 1.165) is 0 Å². The lowest BCUT2D eigenvalue weighted by Crippen LogP contribution is -2.56. The van der Waals surface area contributed by atoms with Crippen molar-refractivity contribution in [3.63, 3.8) is 0 Å². The number of carbonyl (C=O) groups is 2. The molecule has 3 fully saturated rings. The SMILES string of the molecule is O=C(NC(=O)C12COP(=O)(OC1)OC2)Nc1ccc(Cl)cc1. The van der Waals surface area contributed by atoms with E-state index in [4.69, 9.17) is 25.2 Å². The van der Waals surface area contributed by atoms with Gasteiger partial charge >= 0.3 is 13.9 Å². The standard InChI is InChI=1S/C12H12ClN2O6P/c13-8-1-3-9(4-2-8)14-11(17)15-10(16)12-5-19-22(18,20-6-12)21-7-12/h1-4H,5-7H2,(H2,14,15,16,17). The van der Waals surface area contributed by atoms with E-state index in [2.05, 4.69) is 10.6 Å². The topological polar surface area (TPSA) is 103 Å². The van der Waals surface area contributed by atoms with Crippen LogP contribution in [0.25, 0.3) is 0 Å². The number of rotatable bonds is 2. The minimum atomic E-state index is -3.50. The van der Waals surface area contributed by atoms with Gasteiger partial charge in [-0.25, -0.2) is 9.36 Å². The van der Waals surface area contributed by atoms with Crippen LogP contribution >= 0.6 is 19.4 Å². The quantitative estimate of drug-likeness (QED) is 0.795. The Balaban J connectivity index is 1.61. The molecular formula is C12H12ClN2O6P. The van der Waals surface area contributed by atoms with Crippen molar-refractivity contribution in [2.75, 3.05) is 25.1 Å². The smallest absolute Gasteiger partial charge is 0.308 e. The van der Waals surface area contributed by atoms with Gasteiger partial charge in [-0.1, -0.05) is 11.6 Å². The normalized spacial score (nSPS) is 29.9. The predicted molar refractivity (Wildman–Crippen MR) is 76.5 cm³/mol. The van der Waals surface area contributed by atoms with Crippen molar-refractivity contribution in [3.05, 3.63) is 29.3 Å². The average Bonchev–Trinajstić information content (AvgIpc) is 2.50. The molecule has 8 nitrogen and oxygen atoms in total. The third kappa shape index (κ3) is 3.02. The monoisotopic (exact) mass is 346 g/mol. The molecule has 118 valence electrons. The first kappa shape index (κ1) is 15.5. The van der Waals surface area contributed by atoms with Gasteiger partial charge in [-0.05, 0) is 24.3 Å². The molecule has 0 spiro atoms. The highest BCUT2D eigenvalue weighted by molar-refractivity contribution is 7.48. The first-order valence-corrected chi connectivity index (χ1v) is 8.16. The van der Waals surface area contributed by atoms with Gasteiger partial charge in [0.2, 0.25) is 5.91 Å². The fourth-order valence-corrected chi connectivity index (χ4v) is 3.54. The van der Waals surface area contributed by atoms with Crippen LogP contribution in [0.2, 0.25) is 5.02 Å².